The SMILES string of the molecule is Cn1c(N)cc2scnc21. The molecule has 0 spiro atoms. The molecule has 0 aliphatic rings. The first-order valence-electron chi connectivity index (χ1n) is 2.93. The maximum Gasteiger partial charge on any atom is 0.152 e. The zero-order valence-corrected chi connectivity index (χ0v) is 6.35. The van der Waals surface area contributed by atoms with E-state index in [-0.39, 0.29) is 0 Å². The third-order valence-corrected chi connectivity index (χ3v) is 2.32. The number of aromatic nitrogens is 2. The fraction of sp³-hybridized carbons (Fsp3) is 0.167. The van der Waals surface area contributed by atoms with Gasteiger partial charge in [0, 0.05) is 7.05 Å². The minimum atomic E-state index is 0.773. The summed E-state index contributed by atoms with van der Waals surface area (Å²) in [6, 6.07) is 1.94. The monoisotopic (exact) mass is 153 g/mol. The van der Waals surface area contributed by atoms with Crippen LogP contribution in [-0.2, 0) is 7.05 Å². The summed E-state index contributed by atoms with van der Waals surface area (Å²) in [5, 5.41) is 0. The number of hydrogen-bond donors (Lipinski definition) is 1. The van der Waals surface area contributed by atoms with Gasteiger partial charge in [-0.25, -0.2) is 4.98 Å². The second kappa shape index (κ2) is 1.73. The highest BCUT2D eigenvalue weighted by atomic mass is 32.1. The molecule has 0 saturated carbocycles. The van der Waals surface area contributed by atoms with E-state index >= 15 is 0 Å². The van der Waals surface area contributed by atoms with Gasteiger partial charge in [0.15, 0.2) is 5.65 Å². The van der Waals surface area contributed by atoms with Crippen molar-refractivity contribution in [3.05, 3.63) is 11.6 Å². The minimum absolute atomic E-state index is 0.773. The lowest BCUT2D eigenvalue weighted by molar-refractivity contribution is 0.965. The Morgan fingerprint density at radius 2 is 2.50 bits per heavy atom. The number of nitrogen functional groups attached to an aromatic ring is 1. The molecule has 0 atom stereocenters. The third-order valence-electron chi connectivity index (χ3n) is 1.56. The Morgan fingerprint density at radius 1 is 1.70 bits per heavy atom. The molecule has 0 aliphatic carbocycles. The summed E-state index contributed by atoms with van der Waals surface area (Å²) in [4.78, 5) is 4.14. The number of hydrogen-bond acceptors (Lipinski definition) is 3. The molecule has 2 aromatic heterocycles. The second-order valence-corrected chi connectivity index (χ2v) is 3.05. The number of fused-ring (bicyclic) bond motifs is 1. The molecular weight excluding hydrogens is 146 g/mol. The molecule has 0 unspecified atom stereocenters. The van der Waals surface area contributed by atoms with E-state index in [9.17, 15) is 0 Å². The van der Waals surface area contributed by atoms with Gasteiger partial charge >= 0.3 is 0 Å². The van der Waals surface area contributed by atoms with Gasteiger partial charge in [-0.2, -0.15) is 0 Å². The van der Waals surface area contributed by atoms with Crippen molar-refractivity contribution in [2.75, 3.05) is 5.73 Å². The van der Waals surface area contributed by atoms with Gasteiger partial charge in [-0.3, -0.25) is 0 Å². The van der Waals surface area contributed by atoms with E-state index in [1.807, 2.05) is 23.2 Å². The highest BCUT2D eigenvalue weighted by Crippen LogP contribution is 2.22. The minimum Gasteiger partial charge on any atom is -0.385 e. The van der Waals surface area contributed by atoms with Gasteiger partial charge in [0.2, 0.25) is 0 Å². The van der Waals surface area contributed by atoms with Crippen LogP contribution in [0.25, 0.3) is 10.3 Å². The van der Waals surface area contributed by atoms with E-state index in [0.717, 1.165) is 16.2 Å². The van der Waals surface area contributed by atoms with E-state index in [1.165, 1.54) is 0 Å². The summed E-state index contributed by atoms with van der Waals surface area (Å²) in [5.41, 5.74) is 8.42. The standard InChI is InChI=1S/C6H7N3S/c1-9-5(7)2-4-6(9)8-3-10-4/h2-3H,7H2,1H3. The van der Waals surface area contributed by atoms with Crippen molar-refractivity contribution in [2.45, 2.75) is 0 Å². The molecule has 2 rings (SSSR count). The molecule has 2 N–H and O–H groups in total. The van der Waals surface area contributed by atoms with E-state index in [2.05, 4.69) is 4.98 Å². The first kappa shape index (κ1) is 5.73. The Morgan fingerprint density at radius 3 is 3.20 bits per heavy atom. The molecule has 4 heteroatoms. The molecule has 0 saturated heterocycles. The van der Waals surface area contributed by atoms with Crippen LogP contribution >= 0.6 is 11.3 Å². The fourth-order valence-electron chi connectivity index (χ4n) is 0.953. The van der Waals surface area contributed by atoms with Crippen LogP contribution in [0.1, 0.15) is 0 Å². The number of aryl methyl sites for hydroxylation is 1. The van der Waals surface area contributed by atoms with Gasteiger partial charge in [0.05, 0.1) is 10.2 Å². The highest BCUT2D eigenvalue weighted by Gasteiger charge is 2.03. The first-order chi connectivity index (χ1) is 4.79. The average molecular weight is 153 g/mol. The molecule has 3 nitrogen and oxygen atoms in total. The summed E-state index contributed by atoms with van der Waals surface area (Å²) in [7, 11) is 1.91. The van der Waals surface area contributed by atoms with Crippen molar-refractivity contribution in [2.24, 2.45) is 7.05 Å². The van der Waals surface area contributed by atoms with Crippen LogP contribution in [-0.4, -0.2) is 9.55 Å². The van der Waals surface area contributed by atoms with Gasteiger partial charge in [-0.1, -0.05) is 0 Å². The lowest BCUT2D eigenvalue weighted by Crippen LogP contribution is -1.94. The second-order valence-electron chi connectivity index (χ2n) is 2.17. The fourth-order valence-corrected chi connectivity index (χ4v) is 1.70. The van der Waals surface area contributed by atoms with Crippen LogP contribution < -0.4 is 5.73 Å². The predicted molar refractivity (Wildman–Crippen MR) is 43.0 cm³/mol. The first-order valence-corrected chi connectivity index (χ1v) is 3.81. The lowest BCUT2D eigenvalue weighted by atomic mass is 10.6. The summed E-state index contributed by atoms with van der Waals surface area (Å²) in [6.07, 6.45) is 0. The number of nitrogens with zero attached hydrogens (tertiary/aromatic N) is 2. The Bertz CT molecular complexity index is 360. The highest BCUT2D eigenvalue weighted by molar-refractivity contribution is 7.16. The van der Waals surface area contributed by atoms with Crippen LogP contribution in [0.15, 0.2) is 11.6 Å². The molecular formula is C6H7N3S. The van der Waals surface area contributed by atoms with Crippen molar-refractivity contribution in [1.82, 2.24) is 9.55 Å². The van der Waals surface area contributed by atoms with Crippen LogP contribution in [0.2, 0.25) is 0 Å². The topological polar surface area (TPSA) is 43.8 Å². The predicted octanol–water partition coefficient (Wildman–Crippen LogP) is 1.22. The number of rotatable bonds is 0. The van der Waals surface area contributed by atoms with E-state index < -0.39 is 0 Å². The summed E-state index contributed by atoms with van der Waals surface area (Å²) in [5.74, 6) is 0.773. The number of nitrogens with two attached hydrogens (primary N) is 1. The van der Waals surface area contributed by atoms with Gasteiger partial charge in [-0.15, -0.1) is 11.3 Å². The molecule has 2 heterocycles. The lowest BCUT2D eigenvalue weighted by Gasteiger charge is -1.92. The van der Waals surface area contributed by atoms with Gasteiger partial charge in [0.1, 0.15) is 5.82 Å². The Labute approximate surface area is 62.1 Å². The molecule has 0 bridgehead atoms. The Hall–Kier alpha value is -1.03. The van der Waals surface area contributed by atoms with Crippen molar-refractivity contribution in [3.8, 4) is 0 Å². The van der Waals surface area contributed by atoms with Crippen LogP contribution in [0, 0.1) is 0 Å². The molecule has 10 heavy (non-hydrogen) atoms. The number of thiazole rings is 1. The molecule has 0 fully saturated rings. The van der Waals surface area contributed by atoms with E-state index in [0.29, 0.717) is 0 Å². The maximum absolute atomic E-state index is 5.63. The average Bonchev–Trinajstić information content (AvgIpc) is 2.41. The quantitative estimate of drug-likeness (QED) is 0.618. The molecule has 2 aromatic rings. The molecule has 0 amide bonds. The van der Waals surface area contributed by atoms with Crippen LogP contribution in [0.4, 0.5) is 5.82 Å². The smallest absolute Gasteiger partial charge is 0.152 e. The summed E-state index contributed by atoms with van der Waals surface area (Å²) in [6.45, 7) is 0. The van der Waals surface area contributed by atoms with Crippen molar-refractivity contribution in [1.29, 1.82) is 0 Å². The normalized spacial score (nSPS) is 10.9. The molecule has 0 aliphatic heterocycles. The molecule has 0 radical (unpaired) electrons. The van der Waals surface area contributed by atoms with Gasteiger partial charge in [0.25, 0.3) is 0 Å². The largest absolute Gasteiger partial charge is 0.385 e. The third kappa shape index (κ3) is 0.565. The zero-order chi connectivity index (χ0) is 7.14. The van der Waals surface area contributed by atoms with Gasteiger partial charge < -0.3 is 10.3 Å². The Kier molecular flexibility index (Phi) is 0.990. The Balaban J connectivity index is 2.95. The molecule has 0 aromatic carbocycles. The maximum atomic E-state index is 5.63. The summed E-state index contributed by atoms with van der Waals surface area (Å²) >= 11 is 1.61. The van der Waals surface area contributed by atoms with Crippen LogP contribution in [0.5, 0.6) is 0 Å². The van der Waals surface area contributed by atoms with E-state index in [1.54, 1.807) is 11.3 Å². The van der Waals surface area contributed by atoms with Crippen molar-refractivity contribution >= 4 is 27.5 Å². The summed E-state index contributed by atoms with van der Waals surface area (Å²) < 4.78 is 3.03. The van der Waals surface area contributed by atoms with Crippen molar-refractivity contribution in [3.63, 3.8) is 0 Å². The van der Waals surface area contributed by atoms with Crippen molar-refractivity contribution < 1.29 is 0 Å². The van der Waals surface area contributed by atoms with Crippen LogP contribution in [0.3, 0.4) is 0 Å². The number of anilines is 1. The van der Waals surface area contributed by atoms with E-state index in [4.69, 9.17) is 5.73 Å². The molecule has 52 valence electrons. The van der Waals surface area contributed by atoms with Gasteiger partial charge in [-0.05, 0) is 6.07 Å². The zero-order valence-electron chi connectivity index (χ0n) is 5.53.